The number of nitrogens with one attached hydrogen (secondary N) is 1. The average molecular weight is 249 g/mol. The minimum absolute atomic E-state index is 0.151. The summed E-state index contributed by atoms with van der Waals surface area (Å²) in [4.78, 5) is 0. The van der Waals surface area contributed by atoms with Gasteiger partial charge in [0.2, 0.25) is 10.0 Å². The number of rotatable bonds is 4. The van der Waals surface area contributed by atoms with Crippen LogP contribution in [0.3, 0.4) is 0 Å². The van der Waals surface area contributed by atoms with Crippen molar-refractivity contribution >= 4 is 10.0 Å². The molecule has 1 fully saturated rings. The first-order valence-corrected chi connectivity index (χ1v) is 7.51. The monoisotopic (exact) mass is 249 g/mol. The third kappa shape index (κ3) is 3.71. The van der Waals surface area contributed by atoms with Crippen molar-refractivity contribution in [3.63, 3.8) is 0 Å². The SMILES string of the molecule is CC1CCCC(O)(CNS(=O)(=O)C(C)C)C1. The van der Waals surface area contributed by atoms with Gasteiger partial charge in [-0.05, 0) is 32.6 Å². The molecule has 2 atom stereocenters. The van der Waals surface area contributed by atoms with Gasteiger partial charge in [-0.25, -0.2) is 13.1 Å². The van der Waals surface area contributed by atoms with Crippen LogP contribution in [-0.2, 0) is 10.0 Å². The summed E-state index contributed by atoms with van der Waals surface area (Å²) < 4.78 is 25.7. The lowest BCUT2D eigenvalue weighted by atomic mass is 9.79. The lowest BCUT2D eigenvalue weighted by molar-refractivity contribution is -0.00754. The van der Waals surface area contributed by atoms with Crippen molar-refractivity contribution in [1.29, 1.82) is 0 Å². The van der Waals surface area contributed by atoms with E-state index in [9.17, 15) is 13.5 Å². The van der Waals surface area contributed by atoms with Crippen LogP contribution in [0.2, 0.25) is 0 Å². The van der Waals surface area contributed by atoms with Gasteiger partial charge in [0.05, 0.1) is 10.9 Å². The third-order valence-electron chi connectivity index (χ3n) is 3.29. The Morgan fingerprint density at radius 1 is 1.50 bits per heavy atom. The molecule has 0 heterocycles. The molecule has 96 valence electrons. The van der Waals surface area contributed by atoms with Crippen LogP contribution in [0, 0.1) is 5.92 Å². The van der Waals surface area contributed by atoms with Crippen molar-refractivity contribution in [2.24, 2.45) is 5.92 Å². The fourth-order valence-electron chi connectivity index (χ4n) is 2.19. The molecule has 0 saturated heterocycles. The van der Waals surface area contributed by atoms with E-state index in [1.54, 1.807) is 13.8 Å². The number of hydrogen-bond acceptors (Lipinski definition) is 3. The van der Waals surface area contributed by atoms with Crippen molar-refractivity contribution in [3.05, 3.63) is 0 Å². The topological polar surface area (TPSA) is 66.4 Å². The summed E-state index contributed by atoms with van der Waals surface area (Å²) in [7, 11) is -3.26. The van der Waals surface area contributed by atoms with Gasteiger partial charge in [-0.15, -0.1) is 0 Å². The van der Waals surface area contributed by atoms with Gasteiger partial charge in [0.15, 0.2) is 0 Å². The molecule has 2 N–H and O–H groups in total. The predicted octanol–water partition coefficient (Wildman–Crippen LogP) is 1.26. The van der Waals surface area contributed by atoms with Gasteiger partial charge in [0.25, 0.3) is 0 Å². The smallest absolute Gasteiger partial charge is 0.214 e. The van der Waals surface area contributed by atoms with Crippen molar-refractivity contribution in [2.45, 2.75) is 57.3 Å². The van der Waals surface area contributed by atoms with E-state index in [-0.39, 0.29) is 6.54 Å². The van der Waals surface area contributed by atoms with Gasteiger partial charge in [-0.1, -0.05) is 19.8 Å². The predicted molar refractivity (Wildman–Crippen MR) is 64.6 cm³/mol. The van der Waals surface area contributed by atoms with Gasteiger partial charge < -0.3 is 5.11 Å². The Morgan fingerprint density at radius 3 is 2.62 bits per heavy atom. The Morgan fingerprint density at radius 2 is 2.12 bits per heavy atom. The van der Waals surface area contributed by atoms with Crippen LogP contribution in [0.1, 0.15) is 46.5 Å². The van der Waals surface area contributed by atoms with Crippen LogP contribution in [0.5, 0.6) is 0 Å². The zero-order chi connectivity index (χ0) is 12.4. The highest BCUT2D eigenvalue weighted by molar-refractivity contribution is 7.90. The Balaban J connectivity index is 2.54. The highest BCUT2D eigenvalue weighted by Crippen LogP contribution is 2.31. The summed E-state index contributed by atoms with van der Waals surface area (Å²) in [5.74, 6) is 0.474. The first-order valence-electron chi connectivity index (χ1n) is 5.96. The number of aliphatic hydroxyl groups is 1. The maximum Gasteiger partial charge on any atom is 0.214 e. The molecule has 0 bridgehead atoms. The molecule has 0 aromatic carbocycles. The molecule has 1 saturated carbocycles. The molecule has 2 unspecified atom stereocenters. The minimum Gasteiger partial charge on any atom is -0.389 e. The van der Waals surface area contributed by atoms with E-state index in [1.165, 1.54) is 0 Å². The summed E-state index contributed by atoms with van der Waals surface area (Å²) >= 11 is 0. The lowest BCUT2D eigenvalue weighted by Gasteiger charge is -2.35. The van der Waals surface area contributed by atoms with Crippen LogP contribution < -0.4 is 4.72 Å². The van der Waals surface area contributed by atoms with Crippen molar-refractivity contribution in [1.82, 2.24) is 4.72 Å². The quantitative estimate of drug-likeness (QED) is 0.788. The lowest BCUT2D eigenvalue weighted by Crippen LogP contribution is -2.47. The van der Waals surface area contributed by atoms with Gasteiger partial charge in [-0.2, -0.15) is 0 Å². The minimum atomic E-state index is -3.26. The molecule has 0 aromatic heterocycles. The van der Waals surface area contributed by atoms with E-state index >= 15 is 0 Å². The molecule has 1 rings (SSSR count). The summed E-state index contributed by atoms with van der Waals surface area (Å²) in [6, 6.07) is 0. The second-order valence-electron chi connectivity index (χ2n) is 5.34. The maximum atomic E-state index is 11.6. The number of hydrogen-bond donors (Lipinski definition) is 2. The highest BCUT2D eigenvalue weighted by Gasteiger charge is 2.33. The molecule has 5 heteroatoms. The van der Waals surface area contributed by atoms with E-state index in [0.29, 0.717) is 18.8 Å². The molecule has 4 nitrogen and oxygen atoms in total. The standard InChI is InChI=1S/C11H23NO3S/c1-9(2)16(14,15)12-8-11(13)6-4-5-10(3)7-11/h9-10,12-13H,4-8H2,1-3H3. The maximum absolute atomic E-state index is 11.6. The normalized spacial score (nSPS) is 31.9. The third-order valence-corrected chi connectivity index (χ3v) is 5.08. The molecule has 1 aliphatic rings. The first kappa shape index (κ1) is 13.9. The second kappa shape index (κ2) is 5.02. The summed E-state index contributed by atoms with van der Waals surface area (Å²) in [5.41, 5.74) is -0.848. The van der Waals surface area contributed by atoms with Crippen LogP contribution in [-0.4, -0.2) is 30.9 Å². The van der Waals surface area contributed by atoms with E-state index in [1.807, 2.05) is 0 Å². The van der Waals surface area contributed by atoms with Gasteiger partial charge in [0.1, 0.15) is 0 Å². The number of sulfonamides is 1. The molecule has 0 amide bonds. The zero-order valence-corrected chi connectivity index (χ0v) is 11.2. The van der Waals surface area contributed by atoms with E-state index in [2.05, 4.69) is 11.6 Å². The van der Waals surface area contributed by atoms with E-state index in [4.69, 9.17) is 0 Å². The van der Waals surface area contributed by atoms with Crippen LogP contribution in [0.4, 0.5) is 0 Å². The molecule has 0 aromatic rings. The highest BCUT2D eigenvalue weighted by atomic mass is 32.2. The van der Waals surface area contributed by atoms with Crippen LogP contribution in [0.25, 0.3) is 0 Å². The first-order chi connectivity index (χ1) is 7.25. The molecule has 0 radical (unpaired) electrons. The Bertz CT molecular complexity index is 326. The largest absolute Gasteiger partial charge is 0.389 e. The Labute approximate surface area is 98.5 Å². The fraction of sp³-hybridized carbons (Fsp3) is 1.00. The van der Waals surface area contributed by atoms with E-state index < -0.39 is 20.9 Å². The zero-order valence-electron chi connectivity index (χ0n) is 10.4. The summed E-state index contributed by atoms with van der Waals surface area (Å²) in [6.45, 7) is 5.52. The molecule has 0 aliphatic heterocycles. The van der Waals surface area contributed by atoms with Crippen molar-refractivity contribution < 1.29 is 13.5 Å². The summed E-state index contributed by atoms with van der Waals surface area (Å²) in [6.07, 6.45) is 3.48. The molecule has 1 aliphatic carbocycles. The van der Waals surface area contributed by atoms with Gasteiger partial charge >= 0.3 is 0 Å². The van der Waals surface area contributed by atoms with Crippen LogP contribution >= 0.6 is 0 Å². The molecule has 0 spiro atoms. The Kier molecular flexibility index (Phi) is 4.37. The summed E-state index contributed by atoms with van der Waals surface area (Å²) in [5, 5.41) is 9.81. The van der Waals surface area contributed by atoms with E-state index in [0.717, 1.165) is 12.8 Å². The second-order valence-corrected chi connectivity index (χ2v) is 7.66. The average Bonchev–Trinajstić information content (AvgIpc) is 2.14. The fourth-order valence-corrected chi connectivity index (χ4v) is 3.00. The van der Waals surface area contributed by atoms with Crippen molar-refractivity contribution in [3.8, 4) is 0 Å². The molecule has 16 heavy (non-hydrogen) atoms. The Hall–Kier alpha value is -0.130. The van der Waals surface area contributed by atoms with Crippen LogP contribution in [0.15, 0.2) is 0 Å². The van der Waals surface area contributed by atoms with Gasteiger partial charge in [0, 0.05) is 6.54 Å². The molecular formula is C11H23NO3S. The van der Waals surface area contributed by atoms with Gasteiger partial charge in [-0.3, -0.25) is 0 Å². The van der Waals surface area contributed by atoms with Crippen molar-refractivity contribution in [2.75, 3.05) is 6.54 Å². The molecular weight excluding hydrogens is 226 g/mol.